The molecule has 3 heterocycles. The van der Waals surface area contributed by atoms with Crippen LogP contribution in [-0.2, 0) is 7.05 Å². The van der Waals surface area contributed by atoms with Gasteiger partial charge in [-0.3, -0.25) is 0 Å². The quantitative estimate of drug-likeness (QED) is 0.452. The Morgan fingerprint density at radius 3 is 2.68 bits per heavy atom. The van der Waals surface area contributed by atoms with Crippen LogP contribution < -0.4 is 0 Å². The van der Waals surface area contributed by atoms with E-state index in [2.05, 4.69) is 60.2 Å². The highest BCUT2D eigenvalue weighted by Crippen LogP contribution is 2.38. The fourth-order valence-corrected chi connectivity index (χ4v) is 3.72. The molecule has 0 saturated heterocycles. The van der Waals surface area contributed by atoms with Gasteiger partial charge in [0.15, 0.2) is 0 Å². The van der Waals surface area contributed by atoms with E-state index in [-0.39, 0.29) is 0 Å². The molecule has 3 aromatic heterocycles. The predicted molar refractivity (Wildman–Crippen MR) is 101 cm³/mol. The van der Waals surface area contributed by atoms with Gasteiger partial charge in [-0.05, 0) is 34.6 Å². The minimum absolute atomic E-state index is 0.741. The summed E-state index contributed by atoms with van der Waals surface area (Å²) in [6, 6.07) is 14.4. The van der Waals surface area contributed by atoms with Gasteiger partial charge in [-0.25, -0.2) is 4.63 Å². The molecular formula is C19H13BrN4O. The molecular weight excluding hydrogens is 380 g/mol. The van der Waals surface area contributed by atoms with Crippen LogP contribution in [0.15, 0.2) is 64.0 Å². The lowest BCUT2D eigenvalue weighted by Gasteiger charge is -1.99. The molecule has 122 valence electrons. The van der Waals surface area contributed by atoms with E-state index in [9.17, 15) is 0 Å². The number of fused-ring (bicyclic) bond motifs is 2. The smallest absolute Gasteiger partial charge is 0.145 e. The molecule has 0 amide bonds. The maximum absolute atomic E-state index is 5.13. The van der Waals surface area contributed by atoms with Crippen molar-refractivity contribution in [3.05, 3.63) is 59.3 Å². The summed E-state index contributed by atoms with van der Waals surface area (Å²) in [4.78, 5) is 3.28. The van der Waals surface area contributed by atoms with Crippen LogP contribution in [0.5, 0.6) is 0 Å². The van der Waals surface area contributed by atoms with Gasteiger partial charge < -0.3 is 9.55 Å². The first-order valence-electron chi connectivity index (χ1n) is 7.86. The van der Waals surface area contributed by atoms with Crippen molar-refractivity contribution in [2.75, 3.05) is 0 Å². The number of nitrogens with zero attached hydrogens (tertiary/aromatic N) is 3. The number of aryl methyl sites for hydroxylation is 1. The van der Waals surface area contributed by atoms with E-state index < -0.39 is 0 Å². The molecule has 1 N–H and O–H groups in total. The van der Waals surface area contributed by atoms with Crippen molar-refractivity contribution < 1.29 is 4.63 Å². The molecule has 0 aliphatic heterocycles. The third-order valence-corrected chi connectivity index (χ3v) is 5.03. The minimum atomic E-state index is 0.741. The van der Waals surface area contributed by atoms with E-state index in [1.807, 2.05) is 37.5 Å². The minimum Gasteiger partial charge on any atom is -0.360 e. The third-order valence-electron chi connectivity index (χ3n) is 4.54. The van der Waals surface area contributed by atoms with Gasteiger partial charge in [-0.1, -0.05) is 34.1 Å². The second-order valence-electron chi connectivity index (χ2n) is 6.02. The molecule has 5 nitrogen and oxygen atoms in total. The number of aromatic nitrogens is 4. The number of nitrogens with one attached hydrogen (secondary N) is 1. The zero-order valence-electron chi connectivity index (χ0n) is 13.3. The van der Waals surface area contributed by atoms with Gasteiger partial charge in [0.25, 0.3) is 0 Å². The maximum Gasteiger partial charge on any atom is 0.145 e. The number of benzene rings is 2. The fraction of sp³-hybridized carbons (Fsp3) is 0.0526. The molecule has 0 bridgehead atoms. The molecule has 0 atom stereocenters. The number of aromatic amines is 1. The average Bonchev–Trinajstić information content (AvgIpc) is 3.31. The Morgan fingerprint density at radius 2 is 1.80 bits per heavy atom. The van der Waals surface area contributed by atoms with Crippen LogP contribution in [0.3, 0.4) is 0 Å². The Balaban J connectivity index is 1.79. The number of para-hydroxylation sites is 1. The van der Waals surface area contributed by atoms with Crippen LogP contribution >= 0.6 is 15.9 Å². The summed E-state index contributed by atoms with van der Waals surface area (Å²) in [5.74, 6) is 0. The van der Waals surface area contributed by atoms with Crippen LogP contribution in [0, 0.1) is 0 Å². The summed E-state index contributed by atoms with van der Waals surface area (Å²) in [5, 5.41) is 10.6. The first-order valence-corrected chi connectivity index (χ1v) is 8.65. The molecule has 5 rings (SSSR count). The van der Waals surface area contributed by atoms with Crippen LogP contribution in [0.2, 0.25) is 0 Å². The summed E-state index contributed by atoms with van der Waals surface area (Å²) in [6.07, 6.45) is 4.02. The first kappa shape index (κ1) is 14.5. The van der Waals surface area contributed by atoms with Crippen molar-refractivity contribution in [1.82, 2.24) is 19.9 Å². The molecule has 0 aliphatic carbocycles. The lowest BCUT2D eigenvalue weighted by atomic mass is 10.0. The van der Waals surface area contributed by atoms with Gasteiger partial charge in [0.2, 0.25) is 0 Å². The zero-order valence-corrected chi connectivity index (χ0v) is 14.9. The van der Waals surface area contributed by atoms with Crippen molar-refractivity contribution >= 4 is 37.7 Å². The Hall–Kier alpha value is -2.86. The van der Waals surface area contributed by atoms with E-state index in [1.54, 1.807) is 0 Å². The molecule has 25 heavy (non-hydrogen) atoms. The standard InChI is InChI=1S/C19H13BrN4O/c1-24-10-15(13-8-11(20)6-7-17(13)24)19-18(22-25-23-19)14-9-21-16-5-3-2-4-12(14)16/h2-10,21H,1H3. The first-order chi connectivity index (χ1) is 12.2. The Kier molecular flexibility index (Phi) is 3.08. The van der Waals surface area contributed by atoms with Crippen molar-refractivity contribution in [1.29, 1.82) is 0 Å². The SMILES string of the molecule is Cn1cc(-c2nonc2-c2c[nH]c3ccccc23)c2cc(Br)ccc21. The van der Waals surface area contributed by atoms with Crippen LogP contribution in [0.1, 0.15) is 0 Å². The number of rotatable bonds is 2. The number of H-pyrrole nitrogens is 1. The molecule has 0 aliphatic rings. The summed E-state index contributed by atoms with van der Waals surface area (Å²) in [5.41, 5.74) is 5.66. The highest BCUT2D eigenvalue weighted by atomic mass is 79.9. The second-order valence-corrected chi connectivity index (χ2v) is 6.94. The predicted octanol–water partition coefficient (Wildman–Crippen LogP) is 5.14. The Bertz CT molecular complexity index is 1230. The molecule has 0 spiro atoms. The van der Waals surface area contributed by atoms with Crippen molar-refractivity contribution in [3.63, 3.8) is 0 Å². The normalized spacial score (nSPS) is 11.6. The highest BCUT2D eigenvalue weighted by Gasteiger charge is 2.21. The molecule has 5 aromatic rings. The summed E-state index contributed by atoms with van der Waals surface area (Å²) < 4.78 is 8.24. The zero-order chi connectivity index (χ0) is 17.0. The lowest BCUT2D eigenvalue weighted by Crippen LogP contribution is -1.83. The van der Waals surface area contributed by atoms with E-state index in [4.69, 9.17) is 4.63 Å². The van der Waals surface area contributed by atoms with E-state index >= 15 is 0 Å². The summed E-state index contributed by atoms with van der Waals surface area (Å²) in [6.45, 7) is 0. The van der Waals surface area contributed by atoms with Crippen molar-refractivity contribution in [2.45, 2.75) is 0 Å². The monoisotopic (exact) mass is 392 g/mol. The topological polar surface area (TPSA) is 59.6 Å². The Morgan fingerprint density at radius 1 is 1.00 bits per heavy atom. The van der Waals surface area contributed by atoms with Crippen LogP contribution in [-0.4, -0.2) is 19.9 Å². The largest absolute Gasteiger partial charge is 0.360 e. The number of hydrogen-bond donors (Lipinski definition) is 1. The van der Waals surface area contributed by atoms with Gasteiger partial charge in [0.1, 0.15) is 11.4 Å². The average molecular weight is 393 g/mol. The van der Waals surface area contributed by atoms with Gasteiger partial charge in [0.05, 0.1) is 0 Å². The fourth-order valence-electron chi connectivity index (χ4n) is 3.36. The molecule has 0 unspecified atom stereocenters. The molecule has 0 saturated carbocycles. The number of hydrogen-bond acceptors (Lipinski definition) is 3. The third kappa shape index (κ3) is 2.14. The van der Waals surface area contributed by atoms with Crippen LogP contribution in [0.25, 0.3) is 44.3 Å². The lowest BCUT2D eigenvalue weighted by molar-refractivity contribution is 0.310. The molecule has 0 radical (unpaired) electrons. The van der Waals surface area contributed by atoms with E-state index in [0.29, 0.717) is 0 Å². The van der Waals surface area contributed by atoms with Crippen molar-refractivity contribution in [2.24, 2.45) is 7.05 Å². The van der Waals surface area contributed by atoms with E-state index in [1.165, 1.54) is 0 Å². The van der Waals surface area contributed by atoms with Gasteiger partial charge in [0, 0.05) is 56.8 Å². The summed E-state index contributed by atoms with van der Waals surface area (Å²) in [7, 11) is 2.03. The molecule has 2 aromatic carbocycles. The van der Waals surface area contributed by atoms with Crippen molar-refractivity contribution in [3.8, 4) is 22.5 Å². The Labute approximate surface area is 151 Å². The maximum atomic E-state index is 5.13. The molecule has 0 fully saturated rings. The second kappa shape index (κ2) is 5.32. The van der Waals surface area contributed by atoms with Crippen LogP contribution in [0.4, 0.5) is 0 Å². The van der Waals surface area contributed by atoms with Gasteiger partial charge in [-0.15, -0.1) is 0 Å². The summed E-state index contributed by atoms with van der Waals surface area (Å²) >= 11 is 3.56. The van der Waals surface area contributed by atoms with E-state index in [0.717, 1.165) is 48.8 Å². The number of halogens is 1. The molecule has 6 heteroatoms. The highest BCUT2D eigenvalue weighted by molar-refractivity contribution is 9.10. The van der Waals surface area contributed by atoms with Gasteiger partial charge >= 0.3 is 0 Å². The van der Waals surface area contributed by atoms with Gasteiger partial charge in [-0.2, -0.15) is 0 Å².